The number of halogens is 4. The van der Waals surface area contributed by atoms with E-state index in [1.807, 2.05) is 0 Å². The minimum atomic E-state index is -4.79. The first-order chi connectivity index (χ1) is 9.81. The lowest BCUT2D eigenvalue weighted by Gasteiger charge is -2.12. The summed E-state index contributed by atoms with van der Waals surface area (Å²) in [6, 6.07) is 2.40. The van der Waals surface area contributed by atoms with Gasteiger partial charge in [-0.25, -0.2) is 9.37 Å². The van der Waals surface area contributed by atoms with Crippen molar-refractivity contribution in [3.05, 3.63) is 41.3 Å². The van der Waals surface area contributed by atoms with Crippen molar-refractivity contribution in [1.82, 2.24) is 9.97 Å². The summed E-state index contributed by atoms with van der Waals surface area (Å²) in [6.45, 7) is 1.64. The van der Waals surface area contributed by atoms with Gasteiger partial charge < -0.3 is 10.1 Å². The highest BCUT2D eigenvalue weighted by atomic mass is 19.4. The van der Waals surface area contributed by atoms with E-state index in [1.165, 1.54) is 6.20 Å². The molecular weight excluding hydrogens is 290 g/mol. The van der Waals surface area contributed by atoms with Crippen molar-refractivity contribution < 1.29 is 22.3 Å². The van der Waals surface area contributed by atoms with Gasteiger partial charge >= 0.3 is 6.18 Å². The average molecular weight is 301 g/mol. The van der Waals surface area contributed by atoms with Crippen LogP contribution in [0.3, 0.4) is 0 Å². The number of alkyl halides is 3. The average Bonchev–Trinajstić information content (AvgIpc) is 2.42. The number of aromatic nitrogens is 2. The van der Waals surface area contributed by atoms with Gasteiger partial charge in [0.25, 0.3) is 0 Å². The molecule has 0 saturated heterocycles. The zero-order valence-electron chi connectivity index (χ0n) is 11.1. The largest absolute Gasteiger partial charge is 0.439 e. The Hall–Kier alpha value is -2.38. The summed E-state index contributed by atoms with van der Waals surface area (Å²) in [7, 11) is 1.59. The Balaban J connectivity index is 2.36. The van der Waals surface area contributed by atoms with Gasteiger partial charge in [-0.2, -0.15) is 18.2 Å². The number of anilines is 1. The van der Waals surface area contributed by atoms with Gasteiger partial charge in [0.2, 0.25) is 11.8 Å². The first-order valence-corrected chi connectivity index (χ1v) is 5.87. The maximum atomic E-state index is 13.2. The summed E-state index contributed by atoms with van der Waals surface area (Å²) < 4.78 is 56.4. The van der Waals surface area contributed by atoms with Crippen LogP contribution < -0.4 is 10.1 Å². The molecule has 1 heterocycles. The second kappa shape index (κ2) is 5.55. The third-order valence-electron chi connectivity index (χ3n) is 2.61. The van der Waals surface area contributed by atoms with Crippen LogP contribution in [0.25, 0.3) is 0 Å². The highest BCUT2D eigenvalue weighted by molar-refractivity contribution is 5.38. The lowest BCUT2D eigenvalue weighted by atomic mass is 10.2. The Morgan fingerprint density at radius 3 is 2.57 bits per heavy atom. The number of benzene rings is 1. The zero-order valence-corrected chi connectivity index (χ0v) is 11.1. The number of nitrogens with zero attached hydrogens (tertiary/aromatic N) is 2. The molecule has 4 nitrogen and oxygen atoms in total. The molecule has 0 amide bonds. The number of ether oxygens (including phenoxy) is 1. The van der Waals surface area contributed by atoms with Crippen LogP contribution in [0.15, 0.2) is 24.4 Å². The second-order valence-corrected chi connectivity index (χ2v) is 4.17. The highest BCUT2D eigenvalue weighted by Crippen LogP contribution is 2.34. The van der Waals surface area contributed by atoms with Crippen molar-refractivity contribution in [1.29, 1.82) is 0 Å². The molecule has 0 aliphatic rings. The van der Waals surface area contributed by atoms with E-state index >= 15 is 0 Å². The monoisotopic (exact) mass is 301 g/mol. The molecule has 2 rings (SSSR count). The third-order valence-corrected chi connectivity index (χ3v) is 2.61. The van der Waals surface area contributed by atoms with Crippen molar-refractivity contribution in [3.8, 4) is 11.6 Å². The fourth-order valence-electron chi connectivity index (χ4n) is 1.55. The van der Waals surface area contributed by atoms with Crippen LogP contribution in [0.1, 0.15) is 11.1 Å². The number of rotatable bonds is 3. The Kier molecular flexibility index (Phi) is 3.97. The molecule has 0 saturated carbocycles. The van der Waals surface area contributed by atoms with Crippen LogP contribution in [0, 0.1) is 12.7 Å². The molecule has 112 valence electrons. The lowest BCUT2D eigenvalue weighted by molar-refractivity contribution is -0.140. The van der Waals surface area contributed by atoms with Gasteiger partial charge in [0.15, 0.2) is 0 Å². The molecule has 1 N–H and O–H groups in total. The molecule has 0 spiro atoms. The first-order valence-electron chi connectivity index (χ1n) is 5.87. The fraction of sp³-hybridized carbons (Fsp3) is 0.231. The molecule has 1 aromatic carbocycles. The summed E-state index contributed by atoms with van der Waals surface area (Å²) in [5.41, 5.74) is -0.854. The van der Waals surface area contributed by atoms with E-state index in [-0.39, 0.29) is 17.6 Å². The SMILES string of the molecule is CNc1ncc(C)c(Oc2ccc(F)c(C(F)(F)F)c2)n1. The van der Waals surface area contributed by atoms with E-state index in [0.717, 1.165) is 6.07 Å². The van der Waals surface area contributed by atoms with Crippen LogP contribution in [0.2, 0.25) is 0 Å². The molecule has 0 unspecified atom stereocenters. The van der Waals surface area contributed by atoms with Crippen LogP contribution >= 0.6 is 0 Å². The summed E-state index contributed by atoms with van der Waals surface area (Å²) in [5.74, 6) is -1.17. The van der Waals surface area contributed by atoms with Crippen molar-refractivity contribution in [2.24, 2.45) is 0 Å². The van der Waals surface area contributed by atoms with E-state index < -0.39 is 17.6 Å². The van der Waals surface area contributed by atoms with Crippen LogP contribution in [0.5, 0.6) is 11.6 Å². The number of hydrogen-bond acceptors (Lipinski definition) is 4. The van der Waals surface area contributed by atoms with Gasteiger partial charge in [0, 0.05) is 18.8 Å². The Morgan fingerprint density at radius 2 is 1.95 bits per heavy atom. The molecule has 21 heavy (non-hydrogen) atoms. The van der Waals surface area contributed by atoms with E-state index in [0.29, 0.717) is 17.7 Å². The topological polar surface area (TPSA) is 47.0 Å². The third kappa shape index (κ3) is 3.39. The molecule has 1 aromatic heterocycles. The van der Waals surface area contributed by atoms with Crippen molar-refractivity contribution in [2.45, 2.75) is 13.1 Å². The minimum Gasteiger partial charge on any atom is -0.439 e. The number of hydrogen-bond donors (Lipinski definition) is 1. The maximum absolute atomic E-state index is 13.2. The summed E-state index contributed by atoms with van der Waals surface area (Å²) >= 11 is 0. The Labute approximate surface area is 117 Å². The molecule has 0 aliphatic heterocycles. The quantitative estimate of drug-likeness (QED) is 0.877. The Morgan fingerprint density at radius 1 is 1.24 bits per heavy atom. The standard InChI is InChI=1S/C13H11F4N3O/c1-7-6-19-12(18-2)20-11(7)21-8-3-4-10(14)9(5-8)13(15,16)17/h3-6H,1-2H3,(H,18,19,20). The number of nitrogens with one attached hydrogen (secondary N) is 1. The molecule has 0 bridgehead atoms. The summed E-state index contributed by atoms with van der Waals surface area (Å²) in [6.07, 6.45) is -3.33. The van der Waals surface area contributed by atoms with Crippen LogP contribution in [-0.4, -0.2) is 17.0 Å². The summed E-state index contributed by atoms with van der Waals surface area (Å²) in [4.78, 5) is 7.91. The van der Waals surface area contributed by atoms with Crippen molar-refractivity contribution in [2.75, 3.05) is 12.4 Å². The highest BCUT2D eigenvalue weighted by Gasteiger charge is 2.34. The molecule has 0 fully saturated rings. The van der Waals surface area contributed by atoms with Crippen LogP contribution in [-0.2, 0) is 6.18 Å². The number of aryl methyl sites for hydroxylation is 1. The molecule has 8 heteroatoms. The zero-order chi connectivity index (χ0) is 15.6. The summed E-state index contributed by atoms with van der Waals surface area (Å²) in [5, 5.41) is 2.68. The van der Waals surface area contributed by atoms with Crippen molar-refractivity contribution in [3.63, 3.8) is 0 Å². The van der Waals surface area contributed by atoms with Crippen molar-refractivity contribution >= 4 is 5.95 Å². The maximum Gasteiger partial charge on any atom is 0.419 e. The van der Waals surface area contributed by atoms with E-state index in [2.05, 4.69) is 15.3 Å². The second-order valence-electron chi connectivity index (χ2n) is 4.17. The van der Waals surface area contributed by atoms with Gasteiger partial charge in [-0.05, 0) is 25.1 Å². The van der Waals surface area contributed by atoms with Gasteiger partial charge in [0.05, 0.1) is 5.56 Å². The predicted octanol–water partition coefficient (Wildman–Crippen LogP) is 3.78. The smallest absolute Gasteiger partial charge is 0.419 e. The van der Waals surface area contributed by atoms with Gasteiger partial charge in [-0.3, -0.25) is 0 Å². The van der Waals surface area contributed by atoms with Gasteiger partial charge in [0.1, 0.15) is 11.6 Å². The molecule has 2 aromatic rings. The first kappa shape index (κ1) is 15.0. The molecule has 0 radical (unpaired) electrons. The van der Waals surface area contributed by atoms with E-state index in [9.17, 15) is 17.6 Å². The predicted molar refractivity (Wildman–Crippen MR) is 67.8 cm³/mol. The lowest BCUT2D eigenvalue weighted by Crippen LogP contribution is -2.08. The Bertz CT molecular complexity index is 658. The van der Waals surface area contributed by atoms with E-state index in [4.69, 9.17) is 4.74 Å². The molecule has 0 aliphatic carbocycles. The van der Waals surface area contributed by atoms with Gasteiger partial charge in [-0.1, -0.05) is 0 Å². The van der Waals surface area contributed by atoms with Gasteiger partial charge in [-0.15, -0.1) is 0 Å². The molecule has 0 atom stereocenters. The minimum absolute atomic E-state index is 0.0917. The molecular formula is C13H11F4N3O. The fourth-order valence-corrected chi connectivity index (χ4v) is 1.55. The van der Waals surface area contributed by atoms with Crippen LogP contribution in [0.4, 0.5) is 23.5 Å². The van der Waals surface area contributed by atoms with E-state index in [1.54, 1.807) is 14.0 Å². The normalized spacial score (nSPS) is 11.3.